The zero-order valence-corrected chi connectivity index (χ0v) is 18.0. The molecule has 0 fully saturated rings. The molecule has 0 amide bonds. The van der Waals surface area contributed by atoms with E-state index in [-0.39, 0.29) is 11.0 Å². The largest absolute Gasteiger partial charge is 0.500 e. The van der Waals surface area contributed by atoms with Crippen LogP contribution in [0.2, 0.25) is 6.04 Å². The van der Waals surface area contributed by atoms with Gasteiger partial charge in [0.2, 0.25) is 0 Å². The molecule has 1 unspecified atom stereocenters. The van der Waals surface area contributed by atoms with Crippen molar-refractivity contribution in [1.29, 1.82) is 0 Å². The quantitative estimate of drug-likeness (QED) is 0.219. The van der Waals surface area contributed by atoms with Crippen LogP contribution in [0.5, 0.6) is 0 Å². The highest BCUT2D eigenvalue weighted by Gasteiger charge is 2.38. The smallest absolute Gasteiger partial charge is 0.377 e. The van der Waals surface area contributed by atoms with Crippen LogP contribution in [-0.4, -0.2) is 41.2 Å². The summed E-state index contributed by atoms with van der Waals surface area (Å²) in [6, 6.07) is 0.619. The van der Waals surface area contributed by atoms with Crippen molar-refractivity contribution in [1.82, 2.24) is 0 Å². The molecule has 0 radical (unpaired) electrons. The highest BCUT2D eigenvalue weighted by Crippen LogP contribution is 2.20. The topological polar surface area (TPSA) is 44.8 Å². The van der Waals surface area contributed by atoms with E-state index in [1.165, 1.54) is 44.9 Å². The highest BCUT2D eigenvalue weighted by molar-refractivity contribution is 7.81. The van der Waals surface area contributed by atoms with Gasteiger partial charge in [-0.3, -0.25) is 4.79 Å². The summed E-state index contributed by atoms with van der Waals surface area (Å²) >= 11 is 4.45. The van der Waals surface area contributed by atoms with E-state index in [1.54, 1.807) is 21.3 Å². The number of rotatable bonds is 17. The van der Waals surface area contributed by atoms with E-state index in [0.717, 1.165) is 12.8 Å². The van der Waals surface area contributed by atoms with Gasteiger partial charge in [0, 0.05) is 33.8 Å². The van der Waals surface area contributed by atoms with E-state index in [0.29, 0.717) is 18.9 Å². The number of thiol groups is 1. The number of hydrogen-bond donors (Lipinski definition) is 1. The van der Waals surface area contributed by atoms with Crippen LogP contribution in [-0.2, 0) is 18.1 Å². The molecule has 0 bridgehead atoms. The van der Waals surface area contributed by atoms with Crippen molar-refractivity contribution >= 4 is 27.2 Å². The third-order valence-corrected chi connectivity index (χ3v) is 7.87. The van der Waals surface area contributed by atoms with Gasteiger partial charge in [0.25, 0.3) is 0 Å². The zero-order valence-electron chi connectivity index (χ0n) is 16.1. The Kier molecular flexibility index (Phi) is 15.5. The number of ketones is 1. The fraction of sp³-hybridized carbons (Fsp3) is 0.944. The number of hydrogen-bond acceptors (Lipinski definition) is 5. The predicted molar refractivity (Wildman–Crippen MR) is 106 cm³/mol. The lowest BCUT2D eigenvalue weighted by Crippen LogP contribution is -2.43. The van der Waals surface area contributed by atoms with Gasteiger partial charge in [0.05, 0.1) is 5.25 Å². The summed E-state index contributed by atoms with van der Waals surface area (Å²) in [6.45, 7) is 2.24. The number of carbonyl (C=O) groups excluding carboxylic acids is 1. The molecular weight excluding hydrogens is 340 g/mol. The molecule has 24 heavy (non-hydrogen) atoms. The van der Waals surface area contributed by atoms with E-state index in [2.05, 4.69) is 19.6 Å². The van der Waals surface area contributed by atoms with Crippen LogP contribution in [0.1, 0.15) is 77.6 Å². The van der Waals surface area contributed by atoms with Gasteiger partial charge >= 0.3 is 8.80 Å². The lowest BCUT2D eigenvalue weighted by Gasteiger charge is -2.25. The van der Waals surface area contributed by atoms with Gasteiger partial charge in [-0.1, -0.05) is 58.3 Å². The highest BCUT2D eigenvalue weighted by atomic mass is 32.1. The van der Waals surface area contributed by atoms with Crippen molar-refractivity contribution in [3.63, 3.8) is 0 Å². The first-order valence-electron chi connectivity index (χ1n) is 9.41. The van der Waals surface area contributed by atoms with Gasteiger partial charge in [0.1, 0.15) is 5.78 Å². The Hall–Kier alpha value is 0.117. The Morgan fingerprint density at radius 1 is 0.875 bits per heavy atom. The van der Waals surface area contributed by atoms with Crippen LogP contribution in [0.4, 0.5) is 0 Å². The fourth-order valence-electron chi connectivity index (χ4n) is 2.81. The lowest BCUT2D eigenvalue weighted by atomic mass is 10.0. The second-order valence-corrected chi connectivity index (χ2v) is 10.1. The third-order valence-electron chi connectivity index (χ3n) is 4.56. The first-order valence-corrected chi connectivity index (χ1v) is 11.9. The first kappa shape index (κ1) is 24.1. The Morgan fingerprint density at radius 2 is 1.33 bits per heavy atom. The van der Waals surface area contributed by atoms with Crippen molar-refractivity contribution in [3.8, 4) is 0 Å². The standard InChI is InChI=1S/C18H38O4SSi/c1-5-6-7-8-9-10-11-12-13-14-17(19)18(23)15-16-24(20-2,21-3)22-4/h18,23H,5-16H2,1-4H3. The van der Waals surface area contributed by atoms with Gasteiger partial charge in [-0.15, -0.1) is 0 Å². The molecule has 0 aliphatic carbocycles. The van der Waals surface area contributed by atoms with Gasteiger partial charge in [-0.25, -0.2) is 0 Å². The molecule has 0 rings (SSSR count). The van der Waals surface area contributed by atoms with Gasteiger partial charge in [-0.2, -0.15) is 12.6 Å². The van der Waals surface area contributed by atoms with Gasteiger partial charge < -0.3 is 13.3 Å². The van der Waals surface area contributed by atoms with Crippen LogP contribution in [0.25, 0.3) is 0 Å². The van der Waals surface area contributed by atoms with E-state index in [1.807, 2.05) is 0 Å². The molecule has 0 N–H and O–H groups in total. The Morgan fingerprint density at radius 3 is 1.79 bits per heavy atom. The van der Waals surface area contributed by atoms with E-state index >= 15 is 0 Å². The van der Waals surface area contributed by atoms with Gasteiger partial charge in [-0.05, 0) is 12.8 Å². The number of unbranched alkanes of at least 4 members (excludes halogenated alkanes) is 8. The fourth-order valence-corrected chi connectivity index (χ4v) is 5.06. The molecule has 0 saturated heterocycles. The SMILES string of the molecule is CCCCCCCCCCCC(=O)C(S)CC[Si](OC)(OC)OC. The van der Waals surface area contributed by atoms with Gasteiger partial charge in [0.15, 0.2) is 0 Å². The molecule has 0 aromatic heterocycles. The summed E-state index contributed by atoms with van der Waals surface area (Å²) in [6.07, 6.45) is 12.6. The Labute approximate surface area is 155 Å². The summed E-state index contributed by atoms with van der Waals surface area (Å²) in [7, 11) is 2.19. The van der Waals surface area contributed by atoms with Crippen molar-refractivity contribution < 1.29 is 18.1 Å². The molecule has 0 saturated carbocycles. The zero-order chi connectivity index (χ0) is 18.3. The first-order chi connectivity index (χ1) is 11.5. The predicted octanol–water partition coefficient (Wildman–Crippen LogP) is 5.04. The molecule has 4 nitrogen and oxygen atoms in total. The maximum atomic E-state index is 12.1. The summed E-state index contributed by atoms with van der Waals surface area (Å²) in [4.78, 5) is 12.1. The molecule has 6 heteroatoms. The van der Waals surface area contributed by atoms with E-state index < -0.39 is 8.80 Å². The molecule has 0 spiro atoms. The van der Waals surface area contributed by atoms with Crippen molar-refractivity contribution in [2.75, 3.05) is 21.3 Å². The van der Waals surface area contributed by atoms with Crippen LogP contribution in [0.15, 0.2) is 0 Å². The Balaban J connectivity index is 3.73. The van der Waals surface area contributed by atoms with Crippen LogP contribution >= 0.6 is 12.6 Å². The van der Waals surface area contributed by atoms with Crippen molar-refractivity contribution in [2.45, 2.75) is 88.8 Å². The Bertz CT molecular complexity index is 303. The van der Waals surface area contributed by atoms with Crippen molar-refractivity contribution in [3.05, 3.63) is 0 Å². The maximum Gasteiger partial charge on any atom is 0.500 e. The molecule has 0 aromatic rings. The van der Waals surface area contributed by atoms with E-state index in [9.17, 15) is 4.79 Å². The molecule has 0 heterocycles. The molecule has 1 atom stereocenters. The minimum Gasteiger partial charge on any atom is -0.377 e. The number of Topliss-reactive ketones (excluding diaryl/α,β-unsaturated/α-hetero) is 1. The maximum absolute atomic E-state index is 12.1. The summed E-state index contributed by atoms with van der Waals surface area (Å²) in [5.74, 6) is 0.229. The second-order valence-electron chi connectivity index (χ2n) is 6.39. The number of carbonyl (C=O) groups is 1. The van der Waals surface area contributed by atoms with E-state index in [4.69, 9.17) is 13.3 Å². The summed E-state index contributed by atoms with van der Waals surface area (Å²) in [5.41, 5.74) is 0. The minimum atomic E-state index is -2.59. The molecule has 0 aliphatic rings. The van der Waals surface area contributed by atoms with Crippen LogP contribution in [0, 0.1) is 0 Å². The average Bonchev–Trinajstić information content (AvgIpc) is 2.61. The molecule has 0 aliphatic heterocycles. The van der Waals surface area contributed by atoms with Crippen molar-refractivity contribution in [2.24, 2.45) is 0 Å². The van der Waals surface area contributed by atoms with Crippen LogP contribution in [0.3, 0.4) is 0 Å². The average molecular weight is 379 g/mol. The normalized spacial score (nSPS) is 13.2. The monoisotopic (exact) mass is 378 g/mol. The third kappa shape index (κ3) is 10.9. The lowest BCUT2D eigenvalue weighted by molar-refractivity contribution is -0.118. The second kappa shape index (κ2) is 15.4. The minimum absolute atomic E-state index is 0.229. The summed E-state index contributed by atoms with van der Waals surface area (Å²) < 4.78 is 16.1. The van der Waals surface area contributed by atoms with Crippen LogP contribution < -0.4 is 0 Å². The molecular formula is C18H38O4SSi. The summed E-state index contributed by atoms with van der Waals surface area (Å²) in [5, 5.41) is -0.244. The molecule has 0 aromatic carbocycles. The molecule has 144 valence electrons.